The molecular weight excluding hydrogens is 381 g/mol. The highest BCUT2D eigenvalue weighted by Gasteiger charge is 2.50. The second-order valence-electron chi connectivity index (χ2n) is 8.52. The second kappa shape index (κ2) is 7.49. The number of fused-ring (bicyclic) bond motifs is 4. The van der Waals surface area contributed by atoms with Gasteiger partial charge in [0.1, 0.15) is 11.6 Å². The fourth-order valence-electron chi connectivity index (χ4n) is 5.48. The van der Waals surface area contributed by atoms with Gasteiger partial charge in [0.05, 0.1) is 35.1 Å². The average molecular weight is 410 g/mol. The Bertz CT molecular complexity index is 955. The third kappa shape index (κ3) is 3.09. The molecule has 0 saturated carbocycles. The van der Waals surface area contributed by atoms with Crippen molar-refractivity contribution in [2.24, 2.45) is 0 Å². The number of carbonyl (C=O) groups is 1. The zero-order valence-electron chi connectivity index (χ0n) is 17.4. The Balaban J connectivity index is 1.38. The van der Waals surface area contributed by atoms with Gasteiger partial charge in [-0.25, -0.2) is 4.39 Å². The molecule has 6 heteroatoms. The van der Waals surface area contributed by atoms with Gasteiger partial charge in [-0.1, -0.05) is 12.1 Å². The number of carbonyl (C=O) groups excluding carboxylic acids is 1. The van der Waals surface area contributed by atoms with E-state index in [-0.39, 0.29) is 17.0 Å². The zero-order valence-corrected chi connectivity index (χ0v) is 17.4. The van der Waals surface area contributed by atoms with Crippen molar-refractivity contribution < 1.29 is 13.9 Å². The van der Waals surface area contributed by atoms with Crippen molar-refractivity contribution in [1.29, 1.82) is 0 Å². The summed E-state index contributed by atoms with van der Waals surface area (Å²) in [4.78, 5) is 17.2. The summed E-state index contributed by atoms with van der Waals surface area (Å²) in [5.74, 6) is 0.225. The van der Waals surface area contributed by atoms with E-state index in [1.807, 2.05) is 13.0 Å². The molecule has 1 atom stereocenters. The molecule has 5 nitrogen and oxygen atoms in total. The van der Waals surface area contributed by atoms with Crippen LogP contribution in [-0.4, -0.2) is 48.6 Å². The molecule has 3 heterocycles. The number of rotatable bonds is 3. The van der Waals surface area contributed by atoms with E-state index in [2.05, 4.69) is 22.3 Å². The Morgan fingerprint density at radius 3 is 2.77 bits per heavy atom. The molecule has 30 heavy (non-hydrogen) atoms. The number of hydrogen-bond acceptors (Lipinski definition) is 4. The van der Waals surface area contributed by atoms with Crippen LogP contribution in [0.2, 0.25) is 0 Å². The van der Waals surface area contributed by atoms with E-state index in [4.69, 9.17) is 4.74 Å². The minimum atomic E-state index is -0.446. The topological polar surface area (TPSA) is 44.8 Å². The maximum Gasteiger partial charge on any atom is 0.256 e. The van der Waals surface area contributed by atoms with E-state index in [1.54, 1.807) is 23.1 Å². The van der Waals surface area contributed by atoms with Crippen LogP contribution in [0, 0.1) is 5.82 Å². The van der Waals surface area contributed by atoms with E-state index in [0.717, 1.165) is 37.2 Å². The van der Waals surface area contributed by atoms with Crippen LogP contribution in [0.15, 0.2) is 42.5 Å². The lowest BCUT2D eigenvalue weighted by molar-refractivity contribution is 0.0661. The molecule has 2 aromatic rings. The largest absolute Gasteiger partial charge is 0.494 e. The molecule has 0 radical (unpaired) electrons. The number of hydrogen-bond donors (Lipinski definition) is 1. The number of nitrogens with one attached hydrogen (secondary N) is 1. The molecule has 158 valence electrons. The molecule has 1 unspecified atom stereocenters. The molecule has 0 bridgehead atoms. The van der Waals surface area contributed by atoms with Gasteiger partial charge in [-0.3, -0.25) is 4.79 Å². The van der Waals surface area contributed by atoms with Gasteiger partial charge in [0.25, 0.3) is 5.91 Å². The molecule has 0 aliphatic carbocycles. The number of benzene rings is 2. The van der Waals surface area contributed by atoms with Gasteiger partial charge in [0, 0.05) is 25.7 Å². The fraction of sp³-hybridized carbons (Fsp3) is 0.458. The maximum absolute atomic E-state index is 14.1. The smallest absolute Gasteiger partial charge is 0.256 e. The van der Waals surface area contributed by atoms with Crippen LogP contribution in [-0.2, 0) is 0 Å². The van der Waals surface area contributed by atoms with Crippen LogP contribution in [0.1, 0.15) is 43.0 Å². The molecule has 1 N–H and O–H groups in total. The summed E-state index contributed by atoms with van der Waals surface area (Å²) >= 11 is 0. The first-order chi connectivity index (χ1) is 14.6. The van der Waals surface area contributed by atoms with Crippen molar-refractivity contribution in [1.82, 2.24) is 4.90 Å². The fourth-order valence-corrected chi connectivity index (χ4v) is 5.48. The molecule has 2 saturated heterocycles. The van der Waals surface area contributed by atoms with Crippen LogP contribution < -0.4 is 15.0 Å². The van der Waals surface area contributed by atoms with Crippen molar-refractivity contribution in [2.45, 2.75) is 44.2 Å². The van der Waals surface area contributed by atoms with Gasteiger partial charge in [-0.2, -0.15) is 0 Å². The van der Waals surface area contributed by atoms with Crippen LogP contribution >= 0.6 is 0 Å². The predicted octanol–water partition coefficient (Wildman–Crippen LogP) is 4.29. The minimum Gasteiger partial charge on any atom is -0.494 e. The Kier molecular flexibility index (Phi) is 4.80. The van der Waals surface area contributed by atoms with Gasteiger partial charge in [-0.15, -0.1) is 0 Å². The molecule has 2 aromatic carbocycles. The summed E-state index contributed by atoms with van der Waals surface area (Å²) in [5, 5.41) is 3.86. The maximum atomic E-state index is 14.1. The first-order valence-corrected chi connectivity index (χ1v) is 11.0. The van der Waals surface area contributed by atoms with Gasteiger partial charge in [0.2, 0.25) is 0 Å². The first kappa shape index (κ1) is 19.2. The minimum absolute atomic E-state index is 0.0691. The van der Waals surface area contributed by atoms with Crippen molar-refractivity contribution in [3.63, 3.8) is 0 Å². The summed E-state index contributed by atoms with van der Waals surface area (Å²) in [7, 11) is 0. The number of amides is 1. The van der Waals surface area contributed by atoms with Gasteiger partial charge in [0.15, 0.2) is 0 Å². The second-order valence-corrected chi connectivity index (χ2v) is 8.52. The van der Waals surface area contributed by atoms with Crippen molar-refractivity contribution in [3.05, 3.63) is 53.8 Å². The Morgan fingerprint density at radius 1 is 1.20 bits per heavy atom. The normalized spacial score (nSPS) is 21.7. The van der Waals surface area contributed by atoms with E-state index in [1.165, 1.54) is 18.2 Å². The highest BCUT2D eigenvalue weighted by Crippen LogP contribution is 2.47. The highest BCUT2D eigenvalue weighted by molar-refractivity contribution is 5.94. The molecule has 1 spiro atoms. The van der Waals surface area contributed by atoms with Gasteiger partial charge >= 0.3 is 0 Å². The van der Waals surface area contributed by atoms with Crippen molar-refractivity contribution >= 4 is 17.3 Å². The Morgan fingerprint density at radius 2 is 2.00 bits per heavy atom. The third-order valence-corrected chi connectivity index (χ3v) is 6.91. The molecule has 3 aliphatic heterocycles. The standard InChI is InChI=1S/C24H28FN3O2/c1-2-30-17-9-10-21-20(16-17)26-24(22-8-5-13-28(21)22)11-14-27(15-12-24)23(29)18-6-3-4-7-19(18)25/h3-4,6-7,9-10,16,22,26H,2,5,8,11-15H2,1H3. The molecule has 3 aliphatic rings. The van der Waals surface area contributed by atoms with Gasteiger partial charge in [-0.05, 0) is 56.9 Å². The van der Waals surface area contributed by atoms with E-state index in [0.29, 0.717) is 25.7 Å². The molecule has 0 aromatic heterocycles. The van der Waals surface area contributed by atoms with E-state index in [9.17, 15) is 9.18 Å². The first-order valence-electron chi connectivity index (χ1n) is 11.0. The number of anilines is 2. The lowest BCUT2D eigenvalue weighted by Crippen LogP contribution is -2.62. The summed E-state index contributed by atoms with van der Waals surface area (Å²) in [6.07, 6.45) is 4.04. The summed E-state index contributed by atoms with van der Waals surface area (Å²) in [6.45, 7) is 4.96. The van der Waals surface area contributed by atoms with Crippen molar-refractivity contribution in [2.75, 3.05) is 36.5 Å². The monoisotopic (exact) mass is 409 g/mol. The molecule has 2 fully saturated rings. The van der Waals surface area contributed by atoms with Crippen LogP contribution in [0.4, 0.5) is 15.8 Å². The lowest BCUT2D eigenvalue weighted by atomic mass is 9.77. The predicted molar refractivity (Wildman–Crippen MR) is 116 cm³/mol. The van der Waals surface area contributed by atoms with Crippen molar-refractivity contribution in [3.8, 4) is 5.75 Å². The molecule has 5 rings (SSSR count). The van der Waals surface area contributed by atoms with Crippen LogP contribution in [0.25, 0.3) is 0 Å². The summed E-state index contributed by atoms with van der Waals surface area (Å²) in [6, 6.07) is 13.0. The summed E-state index contributed by atoms with van der Waals surface area (Å²) in [5.41, 5.74) is 2.46. The quantitative estimate of drug-likeness (QED) is 0.821. The number of likely N-dealkylation sites (tertiary alicyclic amines) is 1. The van der Waals surface area contributed by atoms with E-state index < -0.39 is 5.82 Å². The SMILES string of the molecule is CCOc1ccc2c(c1)NC1(CCN(C(=O)c3ccccc3F)CC1)C1CCCN21. The van der Waals surface area contributed by atoms with E-state index >= 15 is 0 Å². The molecule has 1 amide bonds. The Hall–Kier alpha value is -2.76. The number of nitrogens with zero attached hydrogens (tertiary/aromatic N) is 2. The number of ether oxygens (including phenoxy) is 1. The Labute approximate surface area is 176 Å². The lowest BCUT2D eigenvalue weighted by Gasteiger charge is -2.53. The van der Waals surface area contributed by atoms with Crippen LogP contribution in [0.3, 0.4) is 0 Å². The average Bonchev–Trinajstić information content (AvgIpc) is 3.26. The van der Waals surface area contributed by atoms with Crippen LogP contribution in [0.5, 0.6) is 5.75 Å². The molecular formula is C24H28FN3O2. The third-order valence-electron chi connectivity index (χ3n) is 6.91. The van der Waals surface area contributed by atoms with Gasteiger partial charge < -0.3 is 19.9 Å². The highest BCUT2D eigenvalue weighted by atomic mass is 19.1. The number of halogens is 1. The summed E-state index contributed by atoms with van der Waals surface area (Å²) < 4.78 is 19.8. The number of piperidine rings is 1. The zero-order chi connectivity index (χ0) is 20.7.